The first-order valence-electron chi connectivity index (χ1n) is 21.5. The van der Waals surface area contributed by atoms with E-state index in [-0.39, 0.29) is 0 Å². The van der Waals surface area contributed by atoms with E-state index in [4.69, 9.17) is 9.97 Å². The second kappa shape index (κ2) is 15.1. The van der Waals surface area contributed by atoms with Gasteiger partial charge in [0.25, 0.3) is 0 Å². The lowest BCUT2D eigenvalue weighted by Crippen LogP contribution is -2.75. The average Bonchev–Trinajstić information content (AvgIpc) is 3.88. The Hall–Kier alpha value is -8.12. The van der Waals surface area contributed by atoms with E-state index in [9.17, 15) is 0 Å². The van der Waals surface area contributed by atoms with E-state index >= 15 is 0 Å². The lowest BCUT2D eigenvalue weighted by molar-refractivity contribution is 1.15. The molecule has 0 spiro atoms. The van der Waals surface area contributed by atoms with Gasteiger partial charge in [0, 0.05) is 56.3 Å². The molecule has 0 saturated heterocycles. The van der Waals surface area contributed by atoms with Crippen molar-refractivity contribution in [2.24, 2.45) is 0 Å². The maximum Gasteiger partial charge on any atom is 0.180 e. The number of fused-ring (bicyclic) bond motifs is 6. The lowest BCUT2D eigenvalue weighted by Gasteiger charge is -2.35. The lowest BCUT2D eigenvalue weighted by atomic mass is 10.1. The number of hydrogen-bond acceptors (Lipinski definition) is 2. The van der Waals surface area contributed by atoms with Crippen LogP contribution in [-0.4, -0.2) is 27.2 Å². The van der Waals surface area contributed by atoms with Gasteiger partial charge in [-0.2, -0.15) is 0 Å². The fourth-order valence-electron chi connectivity index (χ4n) is 10.1. The quantitative estimate of drug-likeness (QED) is 0.113. The minimum atomic E-state index is -2.84. The average molecular weight is 821 g/mol. The second-order valence-corrected chi connectivity index (χ2v) is 19.9. The highest BCUT2D eigenvalue weighted by Gasteiger charge is 2.43. The molecule has 0 aliphatic carbocycles. The maximum atomic E-state index is 5.22. The molecular formula is C58H40N4Si. The van der Waals surface area contributed by atoms with E-state index in [1.807, 2.05) is 12.4 Å². The van der Waals surface area contributed by atoms with Crippen LogP contribution in [0.25, 0.3) is 77.5 Å². The summed E-state index contributed by atoms with van der Waals surface area (Å²) in [5, 5.41) is 10.1. The summed E-state index contributed by atoms with van der Waals surface area (Å²) in [6, 6.07) is 83.5. The van der Waals surface area contributed by atoms with Gasteiger partial charge in [-0.15, -0.1) is 0 Å². The number of benzene rings is 9. The molecule has 0 bridgehead atoms. The maximum absolute atomic E-state index is 5.22. The predicted octanol–water partition coefficient (Wildman–Crippen LogP) is 11.4. The summed E-state index contributed by atoms with van der Waals surface area (Å²) in [7, 11) is -2.84. The second-order valence-electron chi connectivity index (χ2n) is 16.1. The van der Waals surface area contributed by atoms with Crippen LogP contribution in [0.2, 0.25) is 0 Å². The monoisotopic (exact) mass is 820 g/mol. The highest BCUT2D eigenvalue weighted by molar-refractivity contribution is 7.20. The molecule has 0 unspecified atom stereocenters. The summed E-state index contributed by atoms with van der Waals surface area (Å²) in [5.74, 6) is 0.709. The van der Waals surface area contributed by atoms with Crippen LogP contribution in [0.4, 0.5) is 0 Å². The third-order valence-electron chi connectivity index (χ3n) is 12.8. The van der Waals surface area contributed by atoms with Crippen LogP contribution in [0, 0.1) is 0 Å². The van der Waals surface area contributed by atoms with Crippen molar-refractivity contribution < 1.29 is 0 Å². The fourth-order valence-corrected chi connectivity index (χ4v) is 15.1. The van der Waals surface area contributed by atoms with Crippen LogP contribution in [-0.2, 0) is 0 Å². The van der Waals surface area contributed by atoms with E-state index in [0.29, 0.717) is 5.82 Å². The Balaban J connectivity index is 1.00. The number of aromatic nitrogens is 4. The van der Waals surface area contributed by atoms with Gasteiger partial charge in [-0.1, -0.05) is 188 Å². The van der Waals surface area contributed by atoms with Crippen molar-refractivity contribution in [2.75, 3.05) is 0 Å². The molecule has 0 amide bonds. The van der Waals surface area contributed by atoms with Gasteiger partial charge in [-0.25, -0.2) is 9.97 Å². The number of nitrogens with zero attached hydrogens (tertiary/aromatic N) is 4. The SMILES string of the molecule is c1ccc([Si](c2ccccc2)(c2ccccc2)c2ccccc2-c2ncc(-c3ccccc3-n3c4ccccc4c4cc(-n5c6ccccc6c6ccccc65)ccc43)cn2)cc1. The highest BCUT2D eigenvalue weighted by Crippen LogP contribution is 2.39. The molecule has 12 rings (SSSR count). The predicted molar refractivity (Wildman–Crippen MR) is 265 cm³/mol. The van der Waals surface area contributed by atoms with Crippen LogP contribution in [0.5, 0.6) is 0 Å². The van der Waals surface area contributed by atoms with Crippen molar-refractivity contribution >= 4 is 72.4 Å². The molecule has 0 atom stereocenters. The fraction of sp³-hybridized carbons (Fsp3) is 0. The molecule has 12 aromatic rings. The van der Waals surface area contributed by atoms with Crippen molar-refractivity contribution in [1.82, 2.24) is 19.1 Å². The van der Waals surface area contributed by atoms with E-state index in [0.717, 1.165) is 39.1 Å². The van der Waals surface area contributed by atoms with Gasteiger partial charge in [-0.05, 0) is 63.2 Å². The van der Waals surface area contributed by atoms with Gasteiger partial charge in [0.2, 0.25) is 0 Å². The summed E-state index contributed by atoms with van der Waals surface area (Å²) in [4.78, 5) is 10.4. The van der Waals surface area contributed by atoms with Crippen molar-refractivity contribution in [1.29, 1.82) is 0 Å². The molecule has 4 nitrogen and oxygen atoms in total. The highest BCUT2D eigenvalue weighted by atomic mass is 28.3. The molecule has 5 heteroatoms. The summed E-state index contributed by atoms with van der Waals surface area (Å²) in [6.45, 7) is 0. The van der Waals surface area contributed by atoms with Crippen LogP contribution >= 0.6 is 0 Å². The standard InChI is InChI=1S/C58H40N4Si/c1-4-20-43(21-5-1)63(44-22-6-2-7-23-44,45-24-8-3-9-25-45)57-35-19-14-30-50(57)58-59-39-41(40-60-58)46-26-10-15-31-52(46)62-55-34-18-13-29-49(55)51-38-42(36-37-56(51)62)61-53-32-16-11-27-47(53)48-28-12-17-33-54(48)61/h1-40H. The Kier molecular flexibility index (Phi) is 8.80. The van der Waals surface area contributed by atoms with Crippen LogP contribution in [0.1, 0.15) is 0 Å². The van der Waals surface area contributed by atoms with Crippen LogP contribution in [0.3, 0.4) is 0 Å². The minimum Gasteiger partial charge on any atom is -0.309 e. The Bertz CT molecular complexity index is 3460. The molecule has 0 saturated carbocycles. The number of rotatable bonds is 8. The molecule has 3 aromatic heterocycles. The zero-order valence-corrected chi connectivity index (χ0v) is 35.4. The molecule has 0 aliphatic rings. The van der Waals surface area contributed by atoms with Gasteiger partial charge in [0.15, 0.2) is 13.9 Å². The molecule has 63 heavy (non-hydrogen) atoms. The first-order chi connectivity index (χ1) is 31.3. The first kappa shape index (κ1) is 36.7. The van der Waals surface area contributed by atoms with Gasteiger partial charge in [0.05, 0.1) is 27.8 Å². The number of hydrogen-bond donors (Lipinski definition) is 0. The molecule has 0 fully saturated rings. The summed E-state index contributed by atoms with van der Waals surface area (Å²) < 4.78 is 4.80. The molecule has 3 heterocycles. The zero-order valence-electron chi connectivity index (χ0n) is 34.4. The van der Waals surface area contributed by atoms with Gasteiger partial charge < -0.3 is 9.13 Å². The summed E-state index contributed by atoms with van der Waals surface area (Å²) >= 11 is 0. The van der Waals surface area contributed by atoms with Crippen molar-refractivity contribution in [3.05, 3.63) is 243 Å². The summed E-state index contributed by atoms with van der Waals surface area (Å²) in [6.07, 6.45) is 4.01. The third-order valence-corrected chi connectivity index (χ3v) is 17.6. The van der Waals surface area contributed by atoms with Crippen LogP contribution in [0.15, 0.2) is 243 Å². The Morgan fingerprint density at radius 1 is 0.333 bits per heavy atom. The minimum absolute atomic E-state index is 0.709. The van der Waals surface area contributed by atoms with E-state index in [1.54, 1.807) is 0 Å². The molecule has 0 N–H and O–H groups in total. The largest absolute Gasteiger partial charge is 0.309 e. The smallest absolute Gasteiger partial charge is 0.180 e. The van der Waals surface area contributed by atoms with E-state index < -0.39 is 8.07 Å². The van der Waals surface area contributed by atoms with Crippen molar-refractivity contribution in [3.63, 3.8) is 0 Å². The number of para-hydroxylation sites is 4. The van der Waals surface area contributed by atoms with Crippen molar-refractivity contribution in [3.8, 4) is 33.9 Å². The molecule has 296 valence electrons. The van der Waals surface area contributed by atoms with Gasteiger partial charge in [0.1, 0.15) is 0 Å². The van der Waals surface area contributed by atoms with E-state index in [2.05, 4.69) is 240 Å². The van der Waals surface area contributed by atoms with Gasteiger partial charge >= 0.3 is 0 Å². The Morgan fingerprint density at radius 2 is 0.762 bits per heavy atom. The summed E-state index contributed by atoms with van der Waals surface area (Å²) in [5.41, 5.74) is 9.97. The zero-order chi connectivity index (χ0) is 41.7. The molecular weight excluding hydrogens is 781 g/mol. The van der Waals surface area contributed by atoms with Gasteiger partial charge in [-0.3, -0.25) is 0 Å². The Labute approximate surface area is 366 Å². The Morgan fingerprint density at radius 3 is 1.33 bits per heavy atom. The molecule has 0 aliphatic heterocycles. The van der Waals surface area contributed by atoms with Crippen LogP contribution < -0.4 is 20.7 Å². The van der Waals surface area contributed by atoms with E-state index in [1.165, 1.54) is 53.3 Å². The van der Waals surface area contributed by atoms with Crippen molar-refractivity contribution in [2.45, 2.75) is 0 Å². The molecule has 0 radical (unpaired) electrons. The first-order valence-corrected chi connectivity index (χ1v) is 23.5. The normalized spacial score (nSPS) is 11.8. The third kappa shape index (κ3) is 5.82. The topological polar surface area (TPSA) is 35.6 Å². The molecule has 9 aromatic carbocycles.